The zero-order chi connectivity index (χ0) is 11.1. The van der Waals surface area contributed by atoms with Gasteiger partial charge in [-0.05, 0) is 30.7 Å². The van der Waals surface area contributed by atoms with Crippen molar-refractivity contribution >= 4 is 5.69 Å². The van der Waals surface area contributed by atoms with Crippen molar-refractivity contribution in [3.05, 3.63) is 29.8 Å². The van der Waals surface area contributed by atoms with Gasteiger partial charge in [0.25, 0.3) is 0 Å². The average Bonchev–Trinajstić information content (AvgIpc) is 2.24. The number of anilines is 1. The highest BCUT2D eigenvalue weighted by Gasteiger charge is 2.03. The highest BCUT2D eigenvalue weighted by molar-refractivity contribution is 5.40. The van der Waals surface area contributed by atoms with Crippen LogP contribution in [0.25, 0.3) is 0 Å². The van der Waals surface area contributed by atoms with Crippen LogP contribution >= 0.6 is 0 Å². The first-order chi connectivity index (χ1) is 7.26. The van der Waals surface area contributed by atoms with E-state index in [1.54, 1.807) is 0 Å². The molecule has 1 aromatic rings. The van der Waals surface area contributed by atoms with Gasteiger partial charge in [-0.3, -0.25) is 9.29 Å². The Balaban J connectivity index is 2.50. The van der Waals surface area contributed by atoms with Crippen molar-refractivity contribution in [2.24, 2.45) is 0 Å². The van der Waals surface area contributed by atoms with Crippen molar-refractivity contribution in [1.29, 1.82) is 0 Å². The molecule has 0 amide bonds. The standard InChI is InChI=1S/C12H19FN2/c1-2-15(8-4-7-13)10-11-5-3-6-12(14)9-11/h3,5-6,9H,2,4,7-8,10,14H2,1H3. The van der Waals surface area contributed by atoms with E-state index in [2.05, 4.69) is 17.9 Å². The molecule has 2 N–H and O–H groups in total. The van der Waals surface area contributed by atoms with E-state index >= 15 is 0 Å². The van der Waals surface area contributed by atoms with Gasteiger partial charge in [-0.2, -0.15) is 0 Å². The van der Waals surface area contributed by atoms with Crippen LogP contribution in [-0.4, -0.2) is 24.7 Å². The molecule has 0 aliphatic rings. The number of nitrogen functional groups attached to an aromatic ring is 1. The van der Waals surface area contributed by atoms with Gasteiger partial charge in [0.15, 0.2) is 0 Å². The summed E-state index contributed by atoms with van der Waals surface area (Å²) in [5.41, 5.74) is 7.67. The summed E-state index contributed by atoms with van der Waals surface area (Å²) in [6.45, 7) is 4.44. The van der Waals surface area contributed by atoms with Crippen LogP contribution in [0.5, 0.6) is 0 Å². The van der Waals surface area contributed by atoms with Crippen LogP contribution in [0, 0.1) is 0 Å². The van der Waals surface area contributed by atoms with Crippen LogP contribution in [0.15, 0.2) is 24.3 Å². The van der Waals surface area contributed by atoms with Crippen LogP contribution in [0.3, 0.4) is 0 Å². The lowest BCUT2D eigenvalue weighted by atomic mass is 10.2. The maximum atomic E-state index is 12.0. The van der Waals surface area contributed by atoms with E-state index in [0.717, 1.165) is 25.3 Å². The van der Waals surface area contributed by atoms with E-state index in [9.17, 15) is 4.39 Å². The van der Waals surface area contributed by atoms with Gasteiger partial charge in [0, 0.05) is 18.8 Å². The first-order valence-electron chi connectivity index (χ1n) is 5.39. The third-order valence-corrected chi connectivity index (χ3v) is 2.41. The molecule has 0 aliphatic carbocycles. The predicted molar refractivity (Wildman–Crippen MR) is 62.4 cm³/mol. The number of nitrogens with two attached hydrogens (primary N) is 1. The average molecular weight is 210 g/mol. The second kappa shape index (κ2) is 6.40. The summed E-state index contributed by atoms with van der Waals surface area (Å²) in [5, 5.41) is 0. The van der Waals surface area contributed by atoms with Crippen molar-refractivity contribution in [3.8, 4) is 0 Å². The molecule has 0 spiro atoms. The molecular weight excluding hydrogens is 191 g/mol. The van der Waals surface area contributed by atoms with Crippen LogP contribution in [0.1, 0.15) is 18.9 Å². The Bertz CT molecular complexity index is 289. The van der Waals surface area contributed by atoms with Crippen LogP contribution in [0.2, 0.25) is 0 Å². The predicted octanol–water partition coefficient (Wildman–Crippen LogP) is 2.45. The summed E-state index contributed by atoms with van der Waals surface area (Å²) in [5.74, 6) is 0. The van der Waals surface area contributed by atoms with Gasteiger partial charge >= 0.3 is 0 Å². The van der Waals surface area contributed by atoms with E-state index in [1.165, 1.54) is 5.56 Å². The molecule has 0 aromatic heterocycles. The van der Waals surface area contributed by atoms with Gasteiger partial charge in [0.2, 0.25) is 0 Å². The van der Waals surface area contributed by atoms with Gasteiger partial charge in [-0.15, -0.1) is 0 Å². The van der Waals surface area contributed by atoms with Gasteiger partial charge in [0.05, 0.1) is 6.67 Å². The maximum Gasteiger partial charge on any atom is 0.0906 e. The topological polar surface area (TPSA) is 29.3 Å². The first kappa shape index (κ1) is 12.0. The molecule has 0 aliphatic heterocycles. The fourth-order valence-corrected chi connectivity index (χ4v) is 1.58. The van der Waals surface area contributed by atoms with Crippen molar-refractivity contribution < 1.29 is 4.39 Å². The number of halogens is 1. The Labute approximate surface area is 90.9 Å². The lowest BCUT2D eigenvalue weighted by Crippen LogP contribution is -2.24. The minimum absolute atomic E-state index is 0.243. The second-order valence-corrected chi connectivity index (χ2v) is 3.66. The maximum absolute atomic E-state index is 12.0. The van der Waals surface area contributed by atoms with Gasteiger partial charge in [-0.25, -0.2) is 0 Å². The third kappa shape index (κ3) is 4.30. The van der Waals surface area contributed by atoms with Gasteiger partial charge in [0.1, 0.15) is 0 Å². The monoisotopic (exact) mass is 210 g/mol. The molecular formula is C12H19FN2. The molecule has 3 heteroatoms. The number of nitrogens with zero attached hydrogens (tertiary/aromatic N) is 1. The molecule has 0 atom stereocenters. The Morgan fingerprint density at radius 3 is 2.80 bits per heavy atom. The molecule has 0 fully saturated rings. The van der Waals surface area contributed by atoms with E-state index < -0.39 is 0 Å². The molecule has 2 nitrogen and oxygen atoms in total. The minimum Gasteiger partial charge on any atom is -0.399 e. The van der Waals surface area contributed by atoms with Gasteiger partial charge < -0.3 is 5.73 Å². The van der Waals surface area contributed by atoms with E-state index in [0.29, 0.717) is 6.42 Å². The van der Waals surface area contributed by atoms with Crippen molar-refractivity contribution in [2.75, 3.05) is 25.5 Å². The Morgan fingerprint density at radius 2 is 2.20 bits per heavy atom. The molecule has 1 rings (SSSR count). The molecule has 0 bridgehead atoms. The molecule has 84 valence electrons. The first-order valence-corrected chi connectivity index (χ1v) is 5.39. The molecule has 0 unspecified atom stereocenters. The molecule has 0 radical (unpaired) electrons. The summed E-state index contributed by atoms with van der Waals surface area (Å²) in [6.07, 6.45) is 0.607. The number of alkyl halides is 1. The van der Waals surface area contributed by atoms with Crippen LogP contribution in [-0.2, 0) is 6.54 Å². The summed E-state index contributed by atoms with van der Waals surface area (Å²) < 4.78 is 12.0. The third-order valence-electron chi connectivity index (χ3n) is 2.41. The lowest BCUT2D eigenvalue weighted by molar-refractivity contribution is 0.263. The van der Waals surface area contributed by atoms with Crippen molar-refractivity contribution in [2.45, 2.75) is 19.9 Å². The zero-order valence-electron chi connectivity index (χ0n) is 9.25. The number of rotatable bonds is 6. The molecule has 0 saturated heterocycles. The highest BCUT2D eigenvalue weighted by atomic mass is 19.1. The number of hydrogen-bond donors (Lipinski definition) is 1. The number of hydrogen-bond acceptors (Lipinski definition) is 2. The van der Waals surface area contributed by atoms with Crippen LogP contribution < -0.4 is 5.73 Å². The summed E-state index contributed by atoms with van der Waals surface area (Å²) in [4.78, 5) is 2.22. The quantitative estimate of drug-likeness (QED) is 0.731. The van der Waals surface area contributed by atoms with Crippen LogP contribution in [0.4, 0.5) is 10.1 Å². The largest absolute Gasteiger partial charge is 0.399 e. The molecule has 15 heavy (non-hydrogen) atoms. The summed E-state index contributed by atoms with van der Waals surface area (Å²) >= 11 is 0. The Hall–Kier alpha value is -1.09. The van der Waals surface area contributed by atoms with Gasteiger partial charge in [-0.1, -0.05) is 19.1 Å². The molecule has 1 aromatic carbocycles. The van der Waals surface area contributed by atoms with E-state index in [-0.39, 0.29) is 6.67 Å². The van der Waals surface area contributed by atoms with Crippen molar-refractivity contribution in [3.63, 3.8) is 0 Å². The summed E-state index contributed by atoms with van der Waals surface area (Å²) in [7, 11) is 0. The fourth-order valence-electron chi connectivity index (χ4n) is 1.58. The smallest absolute Gasteiger partial charge is 0.0906 e. The Kier molecular flexibility index (Phi) is 5.12. The zero-order valence-corrected chi connectivity index (χ0v) is 9.25. The Morgan fingerprint density at radius 1 is 1.40 bits per heavy atom. The SMILES string of the molecule is CCN(CCCF)Cc1cccc(N)c1. The fraction of sp³-hybridized carbons (Fsp3) is 0.500. The van der Waals surface area contributed by atoms with E-state index in [1.807, 2.05) is 18.2 Å². The van der Waals surface area contributed by atoms with Crippen molar-refractivity contribution in [1.82, 2.24) is 4.90 Å². The summed E-state index contributed by atoms with van der Waals surface area (Å²) in [6, 6.07) is 7.85. The number of benzene rings is 1. The second-order valence-electron chi connectivity index (χ2n) is 3.66. The van der Waals surface area contributed by atoms with E-state index in [4.69, 9.17) is 5.73 Å². The normalized spacial score (nSPS) is 10.9. The lowest BCUT2D eigenvalue weighted by Gasteiger charge is -2.19. The minimum atomic E-state index is -0.243. The highest BCUT2D eigenvalue weighted by Crippen LogP contribution is 2.09. The molecule has 0 saturated carbocycles. The molecule has 0 heterocycles.